The lowest BCUT2D eigenvalue weighted by Crippen LogP contribution is -2.20. The third kappa shape index (κ3) is 2.86. The SMILES string of the molecule is CCc1ccc(C(O)C(F)(F)F)cc1Cl. The summed E-state index contributed by atoms with van der Waals surface area (Å²) >= 11 is 5.75. The number of aliphatic hydroxyl groups excluding tert-OH is 1. The number of rotatable bonds is 2. The molecule has 1 N–H and O–H groups in total. The van der Waals surface area contributed by atoms with E-state index in [1.54, 1.807) is 0 Å². The van der Waals surface area contributed by atoms with Gasteiger partial charge in [-0.1, -0.05) is 30.7 Å². The Morgan fingerprint density at radius 3 is 2.40 bits per heavy atom. The van der Waals surface area contributed by atoms with Crippen LogP contribution in [0.2, 0.25) is 5.02 Å². The molecule has 1 aromatic rings. The Kier molecular flexibility index (Phi) is 3.62. The van der Waals surface area contributed by atoms with Gasteiger partial charge in [-0.05, 0) is 23.6 Å². The largest absolute Gasteiger partial charge is 0.418 e. The monoisotopic (exact) mass is 238 g/mol. The molecule has 0 aliphatic heterocycles. The summed E-state index contributed by atoms with van der Waals surface area (Å²) in [5, 5.41) is 9.21. The molecule has 1 atom stereocenters. The average Bonchev–Trinajstić information content (AvgIpc) is 2.15. The molecule has 1 aromatic carbocycles. The molecule has 0 amide bonds. The summed E-state index contributed by atoms with van der Waals surface area (Å²) in [4.78, 5) is 0. The Morgan fingerprint density at radius 1 is 1.40 bits per heavy atom. The summed E-state index contributed by atoms with van der Waals surface area (Å²) in [6.07, 6.45) is -6.49. The molecule has 1 unspecified atom stereocenters. The van der Waals surface area contributed by atoms with Crippen LogP contribution in [0.25, 0.3) is 0 Å². The van der Waals surface area contributed by atoms with E-state index in [2.05, 4.69) is 0 Å². The second-order valence-electron chi connectivity index (χ2n) is 3.15. The van der Waals surface area contributed by atoms with E-state index in [0.717, 1.165) is 11.6 Å². The van der Waals surface area contributed by atoms with Crippen LogP contribution < -0.4 is 0 Å². The molecule has 15 heavy (non-hydrogen) atoms. The standard InChI is InChI=1S/C10H10ClF3O/c1-2-6-3-4-7(5-8(6)11)9(15)10(12,13)14/h3-5,9,15H,2H2,1H3. The van der Waals surface area contributed by atoms with Gasteiger partial charge in [0, 0.05) is 5.02 Å². The third-order valence-corrected chi connectivity index (χ3v) is 2.44. The number of halogens is 4. The van der Waals surface area contributed by atoms with Gasteiger partial charge < -0.3 is 5.11 Å². The Morgan fingerprint density at radius 2 is 2.00 bits per heavy atom. The van der Waals surface area contributed by atoms with Crippen molar-refractivity contribution < 1.29 is 18.3 Å². The molecule has 0 aliphatic rings. The second-order valence-corrected chi connectivity index (χ2v) is 3.56. The van der Waals surface area contributed by atoms with Crippen molar-refractivity contribution >= 4 is 11.6 Å². The summed E-state index contributed by atoms with van der Waals surface area (Å²) in [7, 11) is 0. The predicted octanol–water partition coefficient (Wildman–Crippen LogP) is 3.50. The highest BCUT2D eigenvalue weighted by atomic mass is 35.5. The van der Waals surface area contributed by atoms with Crippen LogP contribution in [0, 0.1) is 0 Å². The van der Waals surface area contributed by atoms with Gasteiger partial charge in [-0.25, -0.2) is 0 Å². The van der Waals surface area contributed by atoms with Gasteiger partial charge in [0.1, 0.15) is 0 Å². The number of alkyl halides is 3. The first-order valence-electron chi connectivity index (χ1n) is 4.39. The smallest absolute Gasteiger partial charge is 0.379 e. The Labute approximate surface area is 90.5 Å². The summed E-state index contributed by atoms with van der Waals surface area (Å²) in [6, 6.07) is 3.88. The van der Waals surface area contributed by atoms with Gasteiger partial charge in [0.2, 0.25) is 0 Å². The lowest BCUT2D eigenvalue weighted by Gasteiger charge is -2.15. The van der Waals surface area contributed by atoms with Crippen LogP contribution in [-0.4, -0.2) is 11.3 Å². The minimum absolute atomic E-state index is 0.232. The molecule has 0 saturated heterocycles. The van der Waals surface area contributed by atoms with E-state index in [9.17, 15) is 13.2 Å². The molecule has 5 heteroatoms. The van der Waals surface area contributed by atoms with Crippen LogP contribution in [0.5, 0.6) is 0 Å². The molecule has 1 rings (SSSR count). The van der Waals surface area contributed by atoms with E-state index in [0.29, 0.717) is 6.42 Å². The first-order valence-corrected chi connectivity index (χ1v) is 4.77. The van der Waals surface area contributed by atoms with E-state index in [4.69, 9.17) is 16.7 Å². The number of hydrogen-bond donors (Lipinski definition) is 1. The molecular weight excluding hydrogens is 229 g/mol. The topological polar surface area (TPSA) is 20.2 Å². The van der Waals surface area contributed by atoms with Crippen LogP contribution in [0.1, 0.15) is 24.2 Å². The zero-order valence-electron chi connectivity index (χ0n) is 7.98. The highest BCUT2D eigenvalue weighted by Gasteiger charge is 2.39. The Hall–Kier alpha value is -0.740. The molecule has 84 valence electrons. The maximum atomic E-state index is 12.2. The fourth-order valence-corrected chi connectivity index (χ4v) is 1.53. The van der Waals surface area contributed by atoms with Crippen LogP contribution in [0.15, 0.2) is 18.2 Å². The Balaban J connectivity index is 3.02. The van der Waals surface area contributed by atoms with Gasteiger partial charge >= 0.3 is 6.18 Å². The van der Waals surface area contributed by atoms with Crippen molar-refractivity contribution in [2.75, 3.05) is 0 Å². The lowest BCUT2D eigenvalue weighted by atomic mass is 10.1. The number of aliphatic hydroxyl groups is 1. The second kappa shape index (κ2) is 4.41. The van der Waals surface area contributed by atoms with Gasteiger partial charge in [0.05, 0.1) is 0 Å². The normalized spacial score (nSPS) is 14.0. The fraction of sp³-hybridized carbons (Fsp3) is 0.400. The molecule has 0 heterocycles. The van der Waals surface area contributed by atoms with Crippen molar-refractivity contribution in [3.05, 3.63) is 34.3 Å². The minimum Gasteiger partial charge on any atom is -0.379 e. The molecule has 0 aliphatic carbocycles. The average molecular weight is 239 g/mol. The van der Waals surface area contributed by atoms with Crippen LogP contribution >= 0.6 is 11.6 Å². The number of hydrogen-bond acceptors (Lipinski definition) is 1. The maximum absolute atomic E-state index is 12.2. The lowest BCUT2D eigenvalue weighted by molar-refractivity contribution is -0.206. The van der Waals surface area contributed by atoms with Gasteiger partial charge in [0.15, 0.2) is 6.10 Å². The van der Waals surface area contributed by atoms with E-state index in [1.165, 1.54) is 12.1 Å². The van der Waals surface area contributed by atoms with Gasteiger partial charge in [0.25, 0.3) is 0 Å². The Bertz CT molecular complexity index is 349. The molecular formula is C10H10ClF3O. The highest BCUT2D eigenvalue weighted by molar-refractivity contribution is 6.31. The van der Waals surface area contributed by atoms with E-state index in [-0.39, 0.29) is 10.6 Å². The van der Waals surface area contributed by atoms with Crippen molar-refractivity contribution in [2.24, 2.45) is 0 Å². The highest BCUT2D eigenvalue weighted by Crippen LogP contribution is 2.34. The van der Waals surface area contributed by atoms with Crippen LogP contribution in [-0.2, 0) is 6.42 Å². The molecule has 0 spiro atoms. The van der Waals surface area contributed by atoms with Crippen molar-refractivity contribution in [1.29, 1.82) is 0 Å². The van der Waals surface area contributed by atoms with Crippen molar-refractivity contribution in [1.82, 2.24) is 0 Å². The van der Waals surface area contributed by atoms with Crippen molar-refractivity contribution in [2.45, 2.75) is 25.6 Å². The van der Waals surface area contributed by atoms with Crippen LogP contribution in [0.4, 0.5) is 13.2 Å². The molecule has 0 aromatic heterocycles. The van der Waals surface area contributed by atoms with Gasteiger partial charge in [-0.3, -0.25) is 0 Å². The first kappa shape index (κ1) is 12.3. The summed E-state index contributed by atoms with van der Waals surface area (Å²) in [5.41, 5.74) is 0.527. The van der Waals surface area contributed by atoms with Gasteiger partial charge in [-0.15, -0.1) is 0 Å². The van der Waals surface area contributed by atoms with E-state index in [1.807, 2.05) is 6.92 Å². The minimum atomic E-state index is -4.66. The predicted molar refractivity (Wildman–Crippen MR) is 51.8 cm³/mol. The number of benzene rings is 1. The third-order valence-electron chi connectivity index (χ3n) is 2.08. The summed E-state index contributed by atoms with van der Waals surface area (Å²) in [5.74, 6) is 0. The van der Waals surface area contributed by atoms with E-state index >= 15 is 0 Å². The molecule has 0 bridgehead atoms. The maximum Gasteiger partial charge on any atom is 0.418 e. The fourth-order valence-electron chi connectivity index (χ4n) is 1.21. The zero-order valence-corrected chi connectivity index (χ0v) is 8.73. The summed E-state index contributed by atoms with van der Waals surface area (Å²) < 4.78 is 36.5. The molecule has 0 radical (unpaired) electrons. The first-order chi connectivity index (χ1) is 6.86. The van der Waals surface area contributed by atoms with Crippen molar-refractivity contribution in [3.63, 3.8) is 0 Å². The molecule has 0 saturated carbocycles. The quantitative estimate of drug-likeness (QED) is 0.836. The molecule has 1 nitrogen and oxygen atoms in total. The van der Waals surface area contributed by atoms with E-state index < -0.39 is 12.3 Å². The molecule has 0 fully saturated rings. The van der Waals surface area contributed by atoms with Gasteiger partial charge in [-0.2, -0.15) is 13.2 Å². The summed E-state index contributed by atoms with van der Waals surface area (Å²) in [6.45, 7) is 1.85. The van der Waals surface area contributed by atoms with Crippen LogP contribution in [0.3, 0.4) is 0 Å². The zero-order chi connectivity index (χ0) is 11.6. The van der Waals surface area contributed by atoms with Crippen molar-refractivity contribution in [3.8, 4) is 0 Å². The number of aryl methyl sites for hydroxylation is 1.